The Morgan fingerprint density at radius 2 is 1.92 bits per heavy atom. The molecule has 0 radical (unpaired) electrons. The topological polar surface area (TPSA) is 46.2 Å². The van der Waals surface area contributed by atoms with Gasteiger partial charge in [0.2, 0.25) is 0 Å². The molecule has 0 aliphatic heterocycles. The Hall–Kier alpha value is -0.820. The van der Waals surface area contributed by atoms with E-state index in [4.69, 9.17) is 0 Å². The molecule has 13 heavy (non-hydrogen) atoms. The van der Waals surface area contributed by atoms with Crippen LogP contribution in [0.5, 0.6) is 0 Å². The van der Waals surface area contributed by atoms with Gasteiger partial charge in [-0.05, 0) is 4.83 Å². The fourth-order valence-corrected chi connectivity index (χ4v) is 0.693. The number of ketones is 1. The van der Waals surface area contributed by atoms with E-state index < -0.39 is 11.3 Å². The SMILES string of the molecule is CC(C)(C)C(=O)CNC(=O)C#CBr. The van der Waals surface area contributed by atoms with Gasteiger partial charge in [-0.25, -0.2) is 0 Å². The van der Waals surface area contributed by atoms with E-state index in [-0.39, 0.29) is 12.3 Å². The summed E-state index contributed by atoms with van der Waals surface area (Å²) in [6.07, 6.45) is 0. The minimum atomic E-state index is -0.450. The first-order valence-electron chi connectivity index (χ1n) is 3.80. The Kier molecular flexibility index (Phi) is 4.71. The van der Waals surface area contributed by atoms with E-state index in [2.05, 4.69) is 32.0 Å². The first-order valence-corrected chi connectivity index (χ1v) is 4.60. The molecule has 1 amide bonds. The molecule has 0 saturated carbocycles. The highest BCUT2D eigenvalue weighted by atomic mass is 79.9. The molecule has 0 fully saturated rings. The van der Waals surface area contributed by atoms with E-state index in [0.717, 1.165) is 0 Å². The molecule has 0 heterocycles. The lowest BCUT2D eigenvalue weighted by Gasteiger charge is -2.15. The average molecular weight is 246 g/mol. The summed E-state index contributed by atoms with van der Waals surface area (Å²) in [5, 5.41) is 2.40. The number of Topliss-reactive ketones (excluding diaryl/α,β-unsaturated/α-hetero) is 1. The van der Waals surface area contributed by atoms with Gasteiger partial charge in [0.25, 0.3) is 5.91 Å². The molecule has 0 saturated heterocycles. The molecule has 0 aromatic carbocycles. The summed E-state index contributed by atoms with van der Waals surface area (Å²) in [6, 6.07) is 0. The van der Waals surface area contributed by atoms with Crippen LogP contribution in [0.4, 0.5) is 0 Å². The number of hydrogen-bond donors (Lipinski definition) is 1. The molecule has 0 spiro atoms. The molecule has 4 heteroatoms. The zero-order chi connectivity index (χ0) is 10.5. The maximum Gasteiger partial charge on any atom is 0.297 e. The van der Waals surface area contributed by atoms with Gasteiger partial charge in [0, 0.05) is 27.3 Å². The van der Waals surface area contributed by atoms with E-state index in [0.29, 0.717) is 0 Å². The molecule has 3 nitrogen and oxygen atoms in total. The van der Waals surface area contributed by atoms with E-state index in [1.807, 2.05) is 0 Å². The van der Waals surface area contributed by atoms with Crippen LogP contribution in [0.15, 0.2) is 0 Å². The number of hydrogen-bond acceptors (Lipinski definition) is 2. The summed E-state index contributed by atoms with van der Waals surface area (Å²) in [4.78, 5) is 24.4. The van der Waals surface area contributed by atoms with Crippen LogP contribution in [0.3, 0.4) is 0 Å². The fraction of sp³-hybridized carbons (Fsp3) is 0.556. The van der Waals surface area contributed by atoms with Crippen molar-refractivity contribution in [3.8, 4) is 10.8 Å². The molecular formula is C9H12BrNO2. The van der Waals surface area contributed by atoms with Gasteiger partial charge in [0.05, 0.1) is 6.54 Å². The molecule has 0 rings (SSSR count). The predicted molar refractivity (Wildman–Crippen MR) is 54.2 cm³/mol. The Labute approximate surface area is 86.4 Å². The Bertz CT molecular complexity index is 268. The first-order chi connectivity index (χ1) is 5.88. The molecule has 0 aliphatic rings. The Morgan fingerprint density at radius 1 is 1.38 bits per heavy atom. The zero-order valence-electron chi connectivity index (χ0n) is 7.90. The lowest BCUT2D eigenvalue weighted by molar-refractivity contribution is -0.127. The normalized spacial score (nSPS) is 9.85. The van der Waals surface area contributed by atoms with Crippen LogP contribution in [0, 0.1) is 16.2 Å². The summed E-state index contributed by atoms with van der Waals surface area (Å²) in [5.41, 5.74) is -0.422. The Morgan fingerprint density at radius 3 is 2.31 bits per heavy atom. The maximum absolute atomic E-state index is 11.3. The molecule has 72 valence electrons. The third-order valence-electron chi connectivity index (χ3n) is 1.41. The van der Waals surface area contributed by atoms with Crippen LogP contribution in [0.25, 0.3) is 0 Å². The van der Waals surface area contributed by atoms with Crippen LogP contribution in [0.1, 0.15) is 20.8 Å². The van der Waals surface area contributed by atoms with Crippen LogP contribution in [0.2, 0.25) is 0 Å². The van der Waals surface area contributed by atoms with Gasteiger partial charge in [-0.3, -0.25) is 9.59 Å². The molecule has 1 N–H and O–H groups in total. The molecule has 0 aromatic heterocycles. The van der Waals surface area contributed by atoms with E-state index in [9.17, 15) is 9.59 Å². The smallest absolute Gasteiger partial charge is 0.297 e. The standard InChI is InChI=1S/C9H12BrNO2/c1-9(2,3)7(12)6-11-8(13)4-5-10/h6H2,1-3H3,(H,11,13). The Balaban J connectivity index is 3.96. The summed E-state index contributed by atoms with van der Waals surface area (Å²) >= 11 is 2.79. The number of nitrogens with one attached hydrogen (secondary N) is 1. The van der Waals surface area contributed by atoms with Crippen molar-refractivity contribution in [2.75, 3.05) is 6.54 Å². The number of carbonyl (C=O) groups excluding carboxylic acids is 2. The average Bonchev–Trinajstić information content (AvgIpc) is 1.99. The summed E-state index contributed by atoms with van der Waals surface area (Å²) in [5.74, 6) is 1.75. The number of rotatable bonds is 2. The second-order valence-corrected chi connectivity index (χ2v) is 3.97. The van der Waals surface area contributed by atoms with Crippen molar-refractivity contribution in [1.82, 2.24) is 5.32 Å². The largest absolute Gasteiger partial charge is 0.338 e. The highest BCUT2D eigenvalue weighted by Crippen LogP contribution is 2.13. The minimum absolute atomic E-state index is 0.0165. The highest BCUT2D eigenvalue weighted by molar-refractivity contribution is 9.12. The summed E-state index contributed by atoms with van der Waals surface area (Å²) < 4.78 is 0. The fourth-order valence-electron chi connectivity index (χ4n) is 0.513. The molecule has 0 bridgehead atoms. The van der Waals surface area contributed by atoms with Crippen molar-refractivity contribution in [3.63, 3.8) is 0 Å². The second kappa shape index (κ2) is 5.03. The first kappa shape index (κ1) is 12.2. The third-order valence-corrected chi connectivity index (χ3v) is 1.61. The maximum atomic E-state index is 11.3. The molecular weight excluding hydrogens is 234 g/mol. The van der Waals surface area contributed by atoms with Crippen molar-refractivity contribution in [2.24, 2.45) is 5.41 Å². The van der Waals surface area contributed by atoms with E-state index in [1.54, 1.807) is 20.8 Å². The van der Waals surface area contributed by atoms with Gasteiger partial charge < -0.3 is 5.32 Å². The van der Waals surface area contributed by atoms with Gasteiger partial charge in [-0.15, -0.1) is 0 Å². The van der Waals surface area contributed by atoms with Crippen LogP contribution >= 0.6 is 15.9 Å². The van der Waals surface area contributed by atoms with E-state index >= 15 is 0 Å². The van der Waals surface area contributed by atoms with Crippen LogP contribution < -0.4 is 5.32 Å². The summed E-state index contributed by atoms with van der Waals surface area (Å²) in [7, 11) is 0. The van der Waals surface area contributed by atoms with Crippen molar-refractivity contribution in [2.45, 2.75) is 20.8 Å². The van der Waals surface area contributed by atoms with Crippen molar-refractivity contribution in [3.05, 3.63) is 0 Å². The van der Waals surface area contributed by atoms with Crippen molar-refractivity contribution in [1.29, 1.82) is 0 Å². The van der Waals surface area contributed by atoms with Gasteiger partial charge in [-0.2, -0.15) is 0 Å². The van der Waals surface area contributed by atoms with Gasteiger partial charge in [-0.1, -0.05) is 20.8 Å². The van der Waals surface area contributed by atoms with E-state index in [1.165, 1.54) is 0 Å². The monoisotopic (exact) mass is 245 g/mol. The lowest BCUT2D eigenvalue weighted by atomic mass is 9.91. The number of halogens is 1. The summed E-state index contributed by atoms with van der Waals surface area (Å²) in [6.45, 7) is 5.44. The van der Waals surface area contributed by atoms with Crippen LogP contribution in [-0.4, -0.2) is 18.2 Å². The van der Waals surface area contributed by atoms with Gasteiger partial charge >= 0.3 is 0 Å². The molecule has 0 aromatic rings. The quantitative estimate of drug-likeness (QED) is 0.741. The highest BCUT2D eigenvalue weighted by Gasteiger charge is 2.20. The third kappa shape index (κ3) is 5.42. The van der Waals surface area contributed by atoms with Gasteiger partial charge in [0.1, 0.15) is 0 Å². The molecule has 0 aliphatic carbocycles. The number of carbonyl (C=O) groups is 2. The minimum Gasteiger partial charge on any atom is -0.338 e. The zero-order valence-corrected chi connectivity index (χ0v) is 9.49. The lowest BCUT2D eigenvalue weighted by Crippen LogP contribution is -2.34. The predicted octanol–water partition coefficient (Wildman–Crippen LogP) is 1.07. The van der Waals surface area contributed by atoms with Gasteiger partial charge in [0.15, 0.2) is 5.78 Å². The molecule has 0 atom stereocenters. The van der Waals surface area contributed by atoms with Crippen LogP contribution in [-0.2, 0) is 9.59 Å². The van der Waals surface area contributed by atoms with Crippen molar-refractivity contribution < 1.29 is 9.59 Å². The molecule has 0 unspecified atom stereocenters. The number of amides is 1. The second-order valence-electron chi connectivity index (χ2n) is 3.58. The van der Waals surface area contributed by atoms with Crippen molar-refractivity contribution >= 4 is 27.6 Å².